The van der Waals surface area contributed by atoms with Gasteiger partial charge in [0.2, 0.25) is 11.7 Å². The first-order chi connectivity index (χ1) is 19.4. The predicted molar refractivity (Wildman–Crippen MR) is 141 cm³/mol. The lowest BCUT2D eigenvalue weighted by Crippen LogP contribution is -2.64. The maximum atomic E-state index is 15.4. The summed E-state index contributed by atoms with van der Waals surface area (Å²) in [4.78, 5) is 53.6. The van der Waals surface area contributed by atoms with Crippen LogP contribution in [0.25, 0.3) is 0 Å². The van der Waals surface area contributed by atoms with Gasteiger partial charge in [-0.2, -0.15) is 0 Å². The first kappa shape index (κ1) is 28.7. The molecule has 1 aromatic carbocycles. The number of hydrogen-bond donors (Lipinski definition) is 8. The van der Waals surface area contributed by atoms with Crippen molar-refractivity contribution in [3.8, 4) is 5.75 Å². The average Bonchev–Trinajstić information content (AvgIpc) is 3.41. The molecular formula is C27H32FN5O8. The van der Waals surface area contributed by atoms with Gasteiger partial charge in [0.05, 0.1) is 23.8 Å². The standard InChI is InChI=1S/C27H32FN5O8/c28-14-9-15(32-16(34)10-33-5-1-2-6-33)21(35)18-12(14)7-11-8-13-20(31-4-3-29)23(37)19(26(30)40)25(39)27(13,41)24(38)17(11)22(18)36/h9,11,13,20,31,35,37-38,41H,1-8,10,29H2,(H2,30,40)(H,32,34)/t11-,13-,20-,27-/m0/s1. The zero-order valence-corrected chi connectivity index (χ0v) is 22.1. The van der Waals surface area contributed by atoms with Gasteiger partial charge in [-0.05, 0) is 44.7 Å². The fraction of sp³-hybridized carbons (Fsp3) is 0.481. The number of allylic oxidation sites excluding steroid dienone is 1. The summed E-state index contributed by atoms with van der Waals surface area (Å²) in [5.41, 5.74) is 5.63. The molecule has 1 aromatic rings. The molecule has 0 saturated carbocycles. The van der Waals surface area contributed by atoms with Crippen molar-refractivity contribution in [3.05, 3.63) is 45.7 Å². The summed E-state index contributed by atoms with van der Waals surface area (Å²) in [5.74, 6) is -9.93. The number of nitrogens with zero attached hydrogens (tertiary/aromatic N) is 1. The highest BCUT2D eigenvalue weighted by Gasteiger charge is 2.62. The largest absolute Gasteiger partial charge is 0.510 e. The number of likely N-dealkylation sites (tertiary alicyclic amines) is 1. The summed E-state index contributed by atoms with van der Waals surface area (Å²) >= 11 is 0. The van der Waals surface area contributed by atoms with E-state index < -0.39 is 86.7 Å². The average molecular weight is 574 g/mol. The van der Waals surface area contributed by atoms with Gasteiger partial charge in [0, 0.05) is 36.2 Å². The number of fused-ring (bicyclic) bond motifs is 3. The number of carbonyl (C=O) groups is 4. The van der Waals surface area contributed by atoms with Crippen LogP contribution >= 0.6 is 0 Å². The third-order valence-corrected chi connectivity index (χ3v) is 8.50. The molecule has 0 bridgehead atoms. The summed E-state index contributed by atoms with van der Waals surface area (Å²) in [5, 5.41) is 50.0. The molecule has 13 nitrogen and oxygen atoms in total. The lowest BCUT2D eigenvalue weighted by Gasteiger charge is -2.48. The van der Waals surface area contributed by atoms with Crippen LogP contribution in [0, 0.1) is 17.7 Å². The van der Waals surface area contributed by atoms with Gasteiger partial charge in [0.15, 0.2) is 17.1 Å². The normalized spacial score (nSPS) is 27.9. The van der Waals surface area contributed by atoms with Gasteiger partial charge in [0.25, 0.3) is 5.91 Å². The minimum Gasteiger partial charge on any atom is -0.510 e. The number of aromatic hydroxyl groups is 1. The van der Waals surface area contributed by atoms with Crippen LogP contribution in [-0.2, 0) is 20.8 Å². The molecule has 2 amide bonds. The number of ketones is 2. The molecule has 0 radical (unpaired) electrons. The minimum absolute atomic E-state index is 0.0125. The Morgan fingerprint density at radius 2 is 1.85 bits per heavy atom. The summed E-state index contributed by atoms with van der Waals surface area (Å²) in [6.45, 7) is 1.62. The van der Waals surface area contributed by atoms with Gasteiger partial charge in [-0.1, -0.05) is 0 Å². The number of hydrogen-bond acceptors (Lipinski definition) is 11. The van der Waals surface area contributed by atoms with Crippen molar-refractivity contribution in [3.63, 3.8) is 0 Å². The smallest absolute Gasteiger partial charge is 0.255 e. The zero-order chi connectivity index (χ0) is 29.8. The fourth-order valence-electron chi connectivity index (χ4n) is 6.60. The molecule has 4 aliphatic rings. The molecule has 3 aliphatic carbocycles. The van der Waals surface area contributed by atoms with Crippen molar-refractivity contribution in [1.82, 2.24) is 10.2 Å². The number of benzene rings is 1. The van der Waals surface area contributed by atoms with Crippen LogP contribution < -0.4 is 22.1 Å². The lowest BCUT2D eigenvalue weighted by molar-refractivity contribution is -0.146. The second-order valence-corrected chi connectivity index (χ2v) is 10.9. The molecule has 0 unspecified atom stereocenters. The van der Waals surface area contributed by atoms with Crippen LogP contribution in [0.15, 0.2) is 28.7 Å². The van der Waals surface area contributed by atoms with Gasteiger partial charge in [-0.15, -0.1) is 0 Å². The van der Waals surface area contributed by atoms with E-state index in [9.17, 15) is 39.6 Å². The molecular weight excluding hydrogens is 541 g/mol. The Labute approximate surface area is 233 Å². The quantitative estimate of drug-likeness (QED) is 0.150. The van der Waals surface area contributed by atoms with Gasteiger partial charge < -0.3 is 42.5 Å². The molecule has 4 atom stereocenters. The van der Waals surface area contributed by atoms with E-state index in [0.717, 1.165) is 32.0 Å². The van der Waals surface area contributed by atoms with Crippen molar-refractivity contribution in [1.29, 1.82) is 0 Å². The molecule has 14 heteroatoms. The molecule has 1 heterocycles. The summed E-state index contributed by atoms with van der Waals surface area (Å²) in [6.07, 6.45) is 1.48. The third kappa shape index (κ3) is 4.47. The number of rotatable bonds is 7. The first-order valence-electron chi connectivity index (χ1n) is 13.4. The van der Waals surface area contributed by atoms with E-state index in [4.69, 9.17) is 11.5 Å². The van der Waals surface area contributed by atoms with E-state index in [1.807, 2.05) is 4.90 Å². The number of nitrogens with one attached hydrogen (secondary N) is 2. The van der Waals surface area contributed by atoms with Crippen molar-refractivity contribution >= 4 is 29.1 Å². The Bertz CT molecular complexity index is 1420. The van der Waals surface area contributed by atoms with Gasteiger partial charge in [-0.3, -0.25) is 24.1 Å². The molecule has 5 rings (SSSR count). The predicted octanol–water partition coefficient (Wildman–Crippen LogP) is -0.719. The van der Waals surface area contributed by atoms with Crippen molar-refractivity contribution in [2.75, 3.05) is 38.0 Å². The molecule has 0 aromatic heterocycles. The summed E-state index contributed by atoms with van der Waals surface area (Å²) in [6, 6.07) is -0.337. The second-order valence-electron chi connectivity index (χ2n) is 10.9. The van der Waals surface area contributed by atoms with Crippen molar-refractivity contribution in [2.45, 2.75) is 37.3 Å². The number of anilines is 1. The second kappa shape index (κ2) is 10.5. The number of carbonyl (C=O) groups excluding carboxylic acids is 4. The lowest BCUT2D eigenvalue weighted by atomic mass is 9.58. The Kier molecular flexibility index (Phi) is 7.36. The minimum atomic E-state index is -2.84. The molecule has 1 aliphatic heterocycles. The number of amides is 2. The topological polar surface area (TPSA) is 229 Å². The molecule has 41 heavy (non-hydrogen) atoms. The number of primary amides is 1. The first-order valence-corrected chi connectivity index (χ1v) is 13.4. The third-order valence-electron chi connectivity index (χ3n) is 8.50. The number of nitrogens with two attached hydrogens (primary N) is 2. The van der Waals surface area contributed by atoms with Gasteiger partial charge in [-0.25, -0.2) is 4.39 Å². The summed E-state index contributed by atoms with van der Waals surface area (Å²) in [7, 11) is 0. The van der Waals surface area contributed by atoms with E-state index in [1.165, 1.54) is 0 Å². The number of halogens is 1. The number of phenols is 1. The zero-order valence-electron chi connectivity index (χ0n) is 22.1. The van der Waals surface area contributed by atoms with E-state index in [0.29, 0.717) is 0 Å². The molecule has 220 valence electrons. The SMILES string of the molecule is NCCN[C@@H]1C(O)=C(C(N)=O)C(=O)[C@@]2(O)C(O)=C3C(=O)c4c(O)c(NC(=O)CN5CCCC5)cc(F)c4C[C@H]3C[C@@H]12. The van der Waals surface area contributed by atoms with Crippen LogP contribution in [0.3, 0.4) is 0 Å². The van der Waals surface area contributed by atoms with E-state index in [2.05, 4.69) is 10.6 Å². The van der Waals surface area contributed by atoms with Crippen LogP contribution in [0.4, 0.5) is 10.1 Å². The van der Waals surface area contributed by atoms with Crippen LogP contribution in [-0.4, -0.2) is 93.1 Å². The number of aliphatic hydroxyl groups is 3. The fourth-order valence-corrected chi connectivity index (χ4v) is 6.60. The van der Waals surface area contributed by atoms with Crippen molar-refractivity contribution < 1.29 is 44.0 Å². The van der Waals surface area contributed by atoms with Gasteiger partial charge in [0.1, 0.15) is 22.9 Å². The Morgan fingerprint density at radius 1 is 1.17 bits per heavy atom. The van der Waals surface area contributed by atoms with E-state index in [1.54, 1.807) is 0 Å². The van der Waals surface area contributed by atoms with Crippen LogP contribution in [0.1, 0.15) is 35.2 Å². The number of aliphatic hydroxyl groups excluding tert-OH is 2. The number of Topliss-reactive ketones (excluding diaryl/α,β-unsaturated/α-hetero) is 2. The highest BCUT2D eigenvalue weighted by Crippen LogP contribution is 2.52. The highest BCUT2D eigenvalue weighted by atomic mass is 19.1. The van der Waals surface area contributed by atoms with Crippen LogP contribution in [0.5, 0.6) is 5.75 Å². The molecule has 1 fully saturated rings. The molecule has 1 saturated heterocycles. The van der Waals surface area contributed by atoms with Gasteiger partial charge >= 0.3 is 0 Å². The highest BCUT2D eigenvalue weighted by molar-refractivity contribution is 6.25. The molecule has 0 spiro atoms. The van der Waals surface area contributed by atoms with Crippen LogP contribution in [0.2, 0.25) is 0 Å². The monoisotopic (exact) mass is 573 g/mol. The maximum Gasteiger partial charge on any atom is 0.255 e. The Balaban J connectivity index is 1.56. The Hall–Kier alpha value is -3.85. The number of phenolic OH excluding ortho intramolecular Hbond substituents is 1. The molecule has 10 N–H and O–H groups in total. The Morgan fingerprint density at radius 3 is 2.49 bits per heavy atom. The maximum absolute atomic E-state index is 15.4. The van der Waals surface area contributed by atoms with Crippen molar-refractivity contribution in [2.24, 2.45) is 23.3 Å². The van der Waals surface area contributed by atoms with E-state index >= 15 is 4.39 Å². The summed E-state index contributed by atoms with van der Waals surface area (Å²) < 4.78 is 15.4. The van der Waals surface area contributed by atoms with E-state index in [-0.39, 0.29) is 43.7 Å².